The van der Waals surface area contributed by atoms with Gasteiger partial charge in [0.2, 0.25) is 0 Å². The van der Waals surface area contributed by atoms with Crippen LogP contribution in [0.4, 0.5) is 0 Å². The van der Waals surface area contributed by atoms with Crippen LogP contribution in [0.25, 0.3) is 0 Å². The number of rotatable bonds is 7. The van der Waals surface area contributed by atoms with Gasteiger partial charge in [-0.3, -0.25) is 4.68 Å². The first kappa shape index (κ1) is 13.8. The monoisotopic (exact) mass is 261 g/mol. The predicted octanol–water partition coefficient (Wildman–Crippen LogP) is 1.90. The highest BCUT2D eigenvalue weighted by Crippen LogP contribution is 2.13. The number of nitrogens with one attached hydrogen (secondary N) is 1. The highest BCUT2D eigenvalue weighted by atomic mass is 15.3. The lowest BCUT2D eigenvalue weighted by molar-refractivity contribution is 0.515. The van der Waals surface area contributed by atoms with Crippen molar-refractivity contribution in [1.29, 1.82) is 0 Å². The fourth-order valence-electron chi connectivity index (χ4n) is 2.28. The molecule has 104 valence electrons. The zero-order valence-electron chi connectivity index (χ0n) is 12.1. The Bertz CT molecular complexity index is 498. The Hall–Kier alpha value is -1.62. The summed E-state index contributed by atoms with van der Waals surface area (Å²) in [5.74, 6) is 0. The van der Waals surface area contributed by atoms with E-state index in [1.807, 2.05) is 18.7 Å². The molecule has 0 radical (unpaired) electrons. The fraction of sp³-hybridized carbons (Fsp3) is 0.571. The summed E-state index contributed by atoms with van der Waals surface area (Å²) in [5, 5.41) is 8.01. The topological polar surface area (TPSA) is 47.7 Å². The lowest BCUT2D eigenvalue weighted by atomic mass is 10.2. The molecule has 0 unspecified atom stereocenters. The maximum atomic E-state index is 4.63. The van der Waals surface area contributed by atoms with E-state index in [0.717, 1.165) is 38.3 Å². The van der Waals surface area contributed by atoms with Crippen molar-refractivity contribution in [1.82, 2.24) is 24.6 Å². The molecule has 0 aliphatic heterocycles. The Morgan fingerprint density at radius 3 is 2.79 bits per heavy atom. The van der Waals surface area contributed by atoms with Gasteiger partial charge >= 0.3 is 0 Å². The molecule has 2 aromatic heterocycles. The summed E-state index contributed by atoms with van der Waals surface area (Å²) >= 11 is 0. The van der Waals surface area contributed by atoms with Crippen molar-refractivity contribution >= 4 is 0 Å². The quantitative estimate of drug-likeness (QED) is 0.828. The van der Waals surface area contributed by atoms with Crippen LogP contribution in [0.3, 0.4) is 0 Å². The average Bonchev–Trinajstić information content (AvgIpc) is 2.98. The summed E-state index contributed by atoms with van der Waals surface area (Å²) in [7, 11) is 0. The summed E-state index contributed by atoms with van der Waals surface area (Å²) in [6.07, 6.45) is 6.74. The molecule has 0 aliphatic rings. The Labute approximate surface area is 114 Å². The molecule has 0 spiro atoms. The first-order valence-electron chi connectivity index (χ1n) is 6.91. The molecule has 0 saturated carbocycles. The van der Waals surface area contributed by atoms with Gasteiger partial charge in [-0.2, -0.15) is 5.10 Å². The molecule has 0 fully saturated rings. The van der Waals surface area contributed by atoms with E-state index in [2.05, 4.69) is 45.4 Å². The molecule has 2 rings (SSSR count). The maximum Gasteiger partial charge on any atom is 0.0945 e. The van der Waals surface area contributed by atoms with Crippen molar-refractivity contribution in [2.45, 2.75) is 46.8 Å². The summed E-state index contributed by atoms with van der Waals surface area (Å²) < 4.78 is 4.23. The standard InChI is InChI=1S/C14H23N5/c1-4-15-10-14-12(2)17-19(13(14)3)8-5-7-18-9-6-16-11-18/h6,9,11,15H,4-5,7-8,10H2,1-3H3. The first-order chi connectivity index (χ1) is 9.22. The van der Waals surface area contributed by atoms with Crippen LogP contribution in [0.2, 0.25) is 0 Å². The van der Waals surface area contributed by atoms with Crippen molar-refractivity contribution in [2.75, 3.05) is 6.54 Å². The Morgan fingerprint density at radius 2 is 2.11 bits per heavy atom. The second-order valence-electron chi connectivity index (χ2n) is 4.81. The molecule has 0 amide bonds. The van der Waals surface area contributed by atoms with Gasteiger partial charge in [0, 0.05) is 43.3 Å². The molecule has 0 atom stereocenters. The second kappa shape index (κ2) is 6.52. The molecule has 0 bridgehead atoms. The minimum atomic E-state index is 0.912. The van der Waals surface area contributed by atoms with Gasteiger partial charge in [-0.25, -0.2) is 4.98 Å². The van der Waals surface area contributed by atoms with Gasteiger partial charge in [0.15, 0.2) is 0 Å². The van der Waals surface area contributed by atoms with Crippen LogP contribution in [-0.4, -0.2) is 25.9 Å². The smallest absolute Gasteiger partial charge is 0.0945 e. The van der Waals surface area contributed by atoms with Crippen LogP contribution in [0.15, 0.2) is 18.7 Å². The van der Waals surface area contributed by atoms with E-state index in [9.17, 15) is 0 Å². The largest absolute Gasteiger partial charge is 0.337 e. The minimum absolute atomic E-state index is 0.912. The minimum Gasteiger partial charge on any atom is -0.337 e. The Balaban J connectivity index is 1.93. The lowest BCUT2D eigenvalue weighted by Crippen LogP contribution is -2.13. The predicted molar refractivity (Wildman–Crippen MR) is 75.9 cm³/mol. The van der Waals surface area contributed by atoms with Crippen molar-refractivity contribution in [2.24, 2.45) is 0 Å². The van der Waals surface area contributed by atoms with Gasteiger partial charge in [-0.15, -0.1) is 0 Å². The third-order valence-electron chi connectivity index (χ3n) is 3.43. The van der Waals surface area contributed by atoms with Crippen LogP contribution in [0.5, 0.6) is 0 Å². The molecule has 0 aliphatic carbocycles. The van der Waals surface area contributed by atoms with Gasteiger partial charge in [0.25, 0.3) is 0 Å². The Morgan fingerprint density at radius 1 is 1.26 bits per heavy atom. The van der Waals surface area contributed by atoms with Gasteiger partial charge in [0.1, 0.15) is 0 Å². The number of imidazole rings is 1. The van der Waals surface area contributed by atoms with Gasteiger partial charge < -0.3 is 9.88 Å². The fourth-order valence-corrected chi connectivity index (χ4v) is 2.28. The molecule has 1 N–H and O–H groups in total. The zero-order chi connectivity index (χ0) is 13.7. The normalized spacial score (nSPS) is 11.1. The van der Waals surface area contributed by atoms with E-state index in [-0.39, 0.29) is 0 Å². The van der Waals surface area contributed by atoms with Crippen LogP contribution >= 0.6 is 0 Å². The first-order valence-corrected chi connectivity index (χ1v) is 6.91. The number of aryl methyl sites for hydroxylation is 3. The van der Waals surface area contributed by atoms with E-state index in [1.54, 1.807) is 0 Å². The summed E-state index contributed by atoms with van der Waals surface area (Å²) in [5.41, 5.74) is 3.76. The number of hydrogen-bond donors (Lipinski definition) is 1. The maximum absolute atomic E-state index is 4.63. The van der Waals surface area contributed by atoms with E-state index >= 15 is 0 Å². The van der Waals surface area contributed by atoms with E-state index < -0.39 is 0 Å². The van der Waals surface area contributed by atoms with E-state index in [4.69, 9.17) is 0 Å². The molecule has 5 heteroatoms. The number of nitrogens with zero attached hydrogens (tertiary/aromatic N) is 4. The van der Waals surface area contributed by atoms with Crippen molar-refractivity contribution in [3.63, 3.8) is 0 Å². The molecule has 19 heavy (non-hydrogen) atoms. The van der Waals surface area contributed by atoms with Crippen LogP contribution < -0.4 is 5.32 Å². The average molecular weight is 261 g/mol. The third-order valence-corrected chi connectivity index (χ3v) is 3.43. The molecular weight excluding hydrogens is 238 g/mol. The number of aromatic nitrogens is 4. The van der Waals surface area contributed by atoms with Crippen molar-refractivity contribution < 1.29 is 0 Å². The highest BCUT2D eigenvalue weighted by molar-refractivity contribution is 5.24. The highest BCUT2D eigenvalue weighted by Gasteiger charge is 2.10. The SMILES string of the molecule is CCNCc1c(C)nn(CCCn2ccnc2)c1C. The van der Waals surface area contributed by atoms with Crippen LogP contribution in [0, 0.1) is 13.8 Å². The lowest BCUT2D eigenvalue weighted by Gasteiger charge is -2.06. The molecule has 0 aromatic carbocycles. The third kappa shape index (κ3) is 3.44. The molecule has 2 heterocycles. The number of hydrogen-bond acceptors (Lipinski definition) is 3. The van der Waals surface area contributed by atoms with Crippen LogP contribution in [-0.2, 0) is 19.6 Å². The van der Waals surface area contributed by atoms with Crippen molar-refractivity contribution in [3.8, 4) is 0 Å². The van der Waals surface area contributed by atoms with Gasteiger partial charge in [0.05, 0.1) is 12.0 Å². The molecular formula is C14H23N5. The Kier molecular flexibility index (Phi) is 4.74. The second-order valence-corrected chi connectivity index (χ2v) is 4.81. The van der Waals surface area contributed by atoms with Gasteiger partial charge in [-0.05, 0) is 26.8 Å². The van der Waals surface area contributed by atoms with E-state index in [1.165, 1.54) is 11.3 Å². The molecule has 0 saturated heterocycles. The van der Waals surface area contributed by atoms with Gasteiger partial charge in [-0.1, -0.05) is 6.92 Å². The van der Waals surface area contributed by atoms with Crippen molar-refractivity contribution in [3.05, 3.63) is 35.7 Å². The molecule has 5 nitrogen and oxygen atoms in total. The summed E-state index contributed by atoms with van der Waals surface area (Å²) in [6.45, 7) is 10.2. The molecule has 2 aromatic rings. The van der Waals surface area contributed by atoms with E-state index in [0.29, 0.717) is 0 Å². The van der Waals surface area contributed by atoms with Crippen LogP contribution in [0.1, 0.15) is 30.3 Å². The zero-order valence-corrected chi connectivity index (χ0v) is 12.1. The summed E-state index contributed by atoms with van der Waals surface area (Å²) in [4.78, 5) is 4.05. The summed E-state index contributed by atoms with van der Waals surface area (Å²) in [6, 6.07) is 0.